The van der Waals surface area contributed by atoms with Gasteiger partial charge in [0.05, 0.1) is 11.3 Å². The summed E-state index contributed by atoms with van der Waals surface area (Å²) in [5.41, 5.74) is -1.20. The van der Waals surface area contributed by atoms with Crippen molar-refractivity contribution in [3.63, 3.8) is 0 Å². The zero-order valence-electron chi connectivity index (χ0n) is 6.75. The van der Waals surface area contributed by atoms with Gasteiger partial charge in [-0.15, -0.1) is 0 Å². The maximum atomic E-state index is 12.4. The number of alkyl halides is 4. The Morgan fingerprint density at radius 2 is 2.14 bits per heavy atom. The maximum absolute atomic E-state index is 12.4. The summed E-state index contributed by atoms with van der Waals surface area (Å²) in [6, 6.07) is 2.07. The summed E-state index contributed by atoms with van der Waals surface area (Å²) in [7, 11) is 0. The predicted octanol–water partition coefficient (Wildman–Crippen LogP) is 2.74. The lowest BCUT2D eigenvalue weighted by Crippen LogP contribution is -2.12. The Kier molecular flexibility index (Phi) is 3.25. The highest BCUT2D eigenvalue weighted by Crippen LogP contribution is 2.34. The Morgan fingerprint density at radius 3 is 2.64 bits per heavy atom. The molecule has 0 saturated carbocycles. The van der Waals surface area contributed by atoms with Crippen molar-refractivity contribution >= 4 is 22.2 Å². The Balaban J connectivity index is 3.22. The van der Waals surface area contributed by atoms with Crippen LogP contribution in [0.25, 0.3) is 0 Å². The van der Waals surface area contributed by atoms with Crippen molar-refractivity contribution in [2.75, 3.05) is 0 Å². The second kappa shape index (κ2) is 4.08. The smallest absolute Gasteiger partial charge is 0.302 e. The van der Waals surface area contributed by atoms with Crippen molar-refractivity contribution in [1.29, 1.82) is 0 Å². The lowest BCUT2D eigenvalue weighted by atomic mass is 10.1. The second-order valence-electron chi connectivity index (χ2n) is 2.47. The largest absolute Gasteiger partial charge is 0.418 e. The van der Waals surface area contributed by atoms with Gasteiger partial charge in [-0.05, 0) is 12.1 Å². The molecule has 0 aliphatic heterocycles. The van der Waals surface area contributed by atoms with Crippen LogP contribution in [-0.2, 0) is 11.0 Å². The molecule has 1 rings (SSSR count). The van der Waals surface area contributed by atoms with Crippen LogP contribution in [0.1, 0.15) is 16.1 Å². The van der Waals surface area contributed by atoms with Gasteiger partial charge in [-0.25, -0.2) is 0 Å². The van der Waals surface area contributed by atoms with Crippen LogP contribution in [0.4, 0.5) is 13.2 Å². The van der Waals surface area contributed by atoms with Gasteiger partial charge in [-0.3, -0.25) is 4.98 Å². The van der Waals surface area contributed by atoms with Gasteiger partial charge in [0.15, 0.2) is 0 Å². The van der Waals surface area contributed by atoms with E-state index in [1.54, 1.807) is 0 Å². The van der Waals surface area contributed by atoms with E-state index in [0.717, 1.165) is 6.07 Å². The Morgan fingerprint density at radius 1 is 1.50 bits per heavy atom. The van der Waals surface area contributed by atoms with Gasteiger partial charge in [-0.1, -0.05) is 15.9 Å². The summed E-state index contributed by atoms with van der Waals surface area (Å²) in [5, 5.41) is 0. The molecule has 0 N–H and O–H groups in total. The highest BCUT2D eigenvalue weighted by Gasteiger charge is 2.35. The van der Waals surface area contributed by atoms with E-state index in [9.17, 15) is 18.0 Å². The Bertz CT molecular complexity index is 340. The van der Waals surface area contributed by atoms with Gasteiger partial charge in [0.2, 0.25) is 0 Å². The molecule has 1 aromatic rings. The standard InChI is InChI=1S/C8H5BrF3NO/c9-6(4-14)7-5(8(10,11)12)2-1-3-13-7/h1-4,6H. The van der Waals surface area contributed by atoms with Gasteiger partial charge >= 0.3 is 6.18 Å². The van der Waals surface area contributed by atoms with Crippen LogP contribution in [0, 0.1) is 0 Å². The fourth-order valence-electron chi connectivity index (χ4n) is 0.941. The molecule has 0 aliphatic carbocycles. The fraction of sp³-hybridized carbons (Fsp3) is 0.250. The molecule has 0 aliphatic rings. The highest BCUT2D eigenvalue weighted by atomic mass is 79.9. The molecule has 1 atom stereocenters. The minimum absolute atomic E-state index is 0.310. The highest BCUT2D eigenvalue weighted by molar-refractivity contribution is 9.09. The van der Waals surface area contributed by atoms with Crippen LogP contribution in [0.3, 0.4) is 0 Å². The molecule has 6 heteroatoms. The average molecular weight is 268 g/mol. The summed E-state index contributed by atoms with van der Waals surface area (Å²) < 4.78 is 37.1. The number of hydrogen-bond donors (Lipinski definition) is 0. The minimum Gasteiger partial charge on any atom is -0.302 e. The molecule has 76 valence electrons. The molecule has 0 saturated heterocycles. The monoisotopic (exact) mass is 267 g/mol. The summed E-state index contributed by atoms with van der Waals surface area (Å²) in [4.78, 5) is 12.8. The lowest BCUT2D eigenvalue weighted by molar-refractivity contribution is -0.138. The first-order valence-corrected chi connectivity index (χ1v) is 4.50. The third-order valence-corrected chi connectivity index (χ3v) is 2.17. The van der Waals surface area contributed by atoms with Crippen LogP contribution in [0.2, 0.25) is 0 Å². The van der Waals surface area contributed by atoms with E-state index < -0.39 is 16.6 Å². The molecule has 14 heavy (non-hydrogen) atoms. The zero-order chi connectivity index (χ0) is 10.8. The summed E-state index contributed by atoms with van der Waals surface area (Å²) in [5.74, 6) is 0. The summed E-state index contributed by atoms with van der Waals surface area (Å²) >= 11 is 2.80. The molecular formula is C8H5BrF3NO. The molecular weight excluding hydrogens is 263 g/mol. The molecule has 0 amide bonds. The lowest BCUT2D eigenvalue weighted by Gasteiger charge is -2.11. The molecule has 1 unspecified atom stereocenters. The quantitative estimate of drug-likeness (QED) is 0.609. The van der Waals surface area contributed by atoms with E-state index in [-0.39, 0.29) is 5.69 Å². The van der Waals surface area contributed by atoms with E-state index in [0.29, 0.717) is 6.29 Å². The normalized spacial score (nSPS) is 13.7. The topological polar surface area (TPSA) is 30.0 Å². The van der Waals surface area contributed by atoms with Crippen LogP contribution in [0.15, 0.2) is 18.3 Å². The van der Waals surface area contributed by atoms with E-state index in [1.807, 2.05) is 0 Å². The summed E-state index contributed by atoms with van der Waals surface area (Å²) in [6.45, 7) is 0. The van der Waals surface area contributed by atoms with Crippen molar-refractivity contribution in [2.45, 2.75) is 11.0 Å². The van der Waals surface area contributed by atoms with E-state index in [2.05, 4.69) is 20.9 Å². The van der Waals surface area contributed by atoms with Crippen LogP contribution in [-0.4, -0.2) is 11.3 Å². The first kappa shape index (κ1) is 11.2. The first-order valence-electron chi connectivity index (χ1n) is 3.58. The van der Waals surface area contributed by atoms with Crippen molar-refractivity contribution in [3.05, 3.63) is 29.6 Å². The van der Waals surface area contributed by atoms with Gasteiger partial charge in [0, 0.05) is 6.20 Å². The van der Waals surface area contributed by atoms with Gasteiger partial charge in [-0.2, -0.15) is 13.2 Å². The van der Waals surface area contributed by atoms with Crippen LogP contribution >= 0.6 is 15.9 Å². The van der Waals surface area contributed by atoms with Crippen molar-refractivity contribution in [1.82, 2.24) is 4.98 Å². The van der Waals surface area contributed by atoms with Gasteiger partial charge in [0.1, 0.15) is 11.1 Å². The Hall–Kier alpha value is -0.910. The Labute approximate surface area is 86.3 Å². The van der Waals surface area contributed by atoms with Crippen LogP contribution in [0.5, 0.6) is 0 Å². The van der Waals surface area contributed by atoms with Crippen molar-refractivity contribution in [2.24, 2.45) is 0 Å². The number of rotatable bonds is 2. The number of carbonyl (C=O) groups is 1. The van der Waals surface area contributed by atoms with E-state index >= 15 is 0 Å². The second-order valence-corrected chi connectivity index (χ2v) is 3.46. The molecule has 0 radical (unpaired) electrons. The number of carbonyl (C=O) groups excluding carboxylic acids is 1. The fourth-order valence-corrected chi connectivity index (χ4v) is 1.31. The third kappa shape index (κ3) is 2.31. The van der Waals surface area contributed by atoms with E-state index in [1.165, 1.54) is 12.3 Å². The van der Waals surface area contributed by atoms with Crippen molar-refractivity contribution in [3.8, 4) is 0 Å². The van der Waals surface area contributed by atoms with Gasteiger partial charge in [0.25, 0.3) is 0 Å². The average Bonchev–Trinajstić information content (AvgIpc) is 2.15. The molecule has 2 nitrogen and oxygen atoms in total. The van der Waals surface area contributed by atoms with Gasteiger partial charge < -0.3 is 4.79 Å². The zero-order valence-corrected chi connectivity index (χ0v) is 8.34. The molecule has 1 aromatic heterocycles. The number of halogens is 4. The number of aldehydes is 1. The number of aromatic nitrogens is 1. The van der Waals surface area contributed by atoms with E-state index in [4.69, 9.17) is 0 Å². The first-order chi connectivity index (χ1) is 6.46. The van der Waals surface area contributed by atoms with Crippen molar-refractivity contribution < 1.29 is 18.0 Å². The molecule has 1 heterocycles. The number of nitrogens with zero attached hydrogens (tertiary/aromatic N) is 1. The molecule has 0 fully saturated rings. The SMILES string of the molecule is O=CC(Br)c1ncccc1C(F)(F)F. The third-order valence-electron chi connectivity index (χ3n) is 1.52. The molecule has 0 bridgehead atoms. The van der Waals surface area contributed by atoms with Crippen LogP contribution < -0.4 is 0 Å². The number of pyridine rings is 1. The minimum atomic E-state index is -4.49. The molecule has 0 aromatic carbocycles. The molecule has 0 spiro atoms. The predicted molar refractivity (Wildman–Crippen MR) is 47.0 cm³/mol. The number of hydrogen-bond acceptors (Lipinski definition) is 2. The maximum Gasteiger partial charge on any atom is 0.418 e. The summed E-state index contributed by atoms with van der Waals surface area (Å²) in [6.07, 6.45) is -2.92.